The lowest BCUT2D eigenvalue weighted by Crippen LogP contribution is -2.51. The van der Waals surface area contributed by atoms with Crippen molar-refractivity contribution in [2.24, 2.45) is 0 Å². The minimum Gasteiger partial charge on any atom is -0.374 e. The monoisotopic (exact) mass is 413 g/mol. The van der Waals surface area contributed by atoms with Gasteiger partial charge in [-0.25, -0.2) is 14.2 Å². The second-order valence-corrected chi connectivity index (χ2v) is 7.21. The molecule has 2 aromatic rings. The lowest BCUT2D eigenvalue weighted by Gasteiger charge is -2.31. The summed E-state index contributed by atoms with van der Waals surface area (Å²) in [5, 5.41) is 18.0. The number of aliphatic hydroxyl groups excluding tert-OH is 1. The third-order valence-corrected chi connectivity index (χ3v) is 5.18. The van der Waals surface area contributed by atoms with Gasteiger partial charge in [-0.15, -0.1) is 0 Å². The molecule has 4 amide bonds. The number of rotatable bonds is 4. The number of carbonyl (C=O) groups excluding carboxylic acids is 3. The van der Waals surface area contributed by atoms with Crippen LogP contribution < -0.4 is 16.0 Å². The van der Waals surface area contributed by atoms with Crippen molar-refractivity contribution in [3.8, 4) is 0 Å². The maximum absolute atomic E-state index is 13.2. The third-order valence-electron chi connectivity index (χ3n) is 5.18. The van der Waals surface area contributed by atoms with Gasteiger partial charge in [-0.05, 0) is 29.2 Å². The van der Waals surface area contributed by atoms with Gasteiger partial charge in [0.25, 0.3) is 0 Å². The van der Waals surface area contributed by atoms with E-state index in [1.165, 1.54) is 12.3 Å². The molecule has 156 valence electrons. The summed E-state index contributed by atoms with van der Waals surface area (Å²) in [6.07, 6.45) is 0.914. The van der Waals surface area contributed by atoms with Crippen molar-refractivity contribution in [3.05, 3.63) is 59.0 Å². The molecule has 3 heterocycles. The van der Waals surface area contributed by atoms with Gasteiger partial charge in [-0.3, -0.25) is 25.1 Å². The highest BCUT2D eigenvalue weighted by Crippen LogP contribution is 2.35. The Balaban J connectivity index is 1.38. The van der Waals surface area contributed by atoms with Crippen molar-refractivity contribution in [2.75, 3.05) is 5.32 Å². The molecule has 2 unspecified atom stereocenters. The van der Waals surface area contributed by atoms with E-state index in [9.17, 15) is 23.9 Å². The summed E-state index contributed by atoms with van der Waals surface area (Å²) in [5.41, 5.74) is 2.34. The number of urea groups is 1. The summed E-state index contributed by atoms with van der Waals surface area (Å²) < 4.78 is 13.2. The van der Waals surface area contributed by atoms with Crippen LogP contribution in [-0.4, -0.2) is 38.9 Å². The van der Waals surface area contributed by atoms with Crippen LogP contribution in [0.2, 0.25) is 0 Å². The molecule has 1 aromatic heterocycles. The topological polar surface area (TPSA) is 124 Å². The van der Waals surface area contributed by atoms with Gasteiger partial charge in [0.15, 0.2) is 0 Å². The van der Waals surface area contributed by atoms with E-state index in [1.54, 1.807) is 17.0 Å². The molecule has 1 aromatic carbocycles. The smallest absolute Gasteiger partial charge is 0.320 e. The van der Waals surface area contributed by atoms with Gasteiger partial charge < -0.3 is 10.4 Å². The highest BCUT2D eigenvalue weighted by molar-refractivity contribution is 6.00. The van der Waals surface area contributed by atoms with Crippen LogP contribution in [0.3, 0.4) is 0 Å². The minimum atomic E-state index is -0.937. The number of benzene rings is 1. The number of halogens is 1. The number of piperidine rings is 1. The van der Waals surface area contributed by atoms with Gasteiger partial charge >= 0.3 is 6.03 Å². The van der Waals surface area contributed by atoms with Crippen LogP contribution in [0.15, 0.2) is 36.5 Å². The summed E-state index contributed by atoms with van der Waals surface area (Å²) in [7, 11) is 0. The molecule has 4 N–H and O–H groups in total. The maximum atomic E-state index is 13.2. The van der Waals surface area contributed by atoms with Crippen molar-refractivity contribution >= 4 is 23.7 Å². The summed E-state index contributed by atoms with van der Waals surface area (Å²) >= 11 is 0. The van der Waals surface area contributed by atoms with Crippen LogP contribution in [0.25, 0.3) is 0 Å². The van der Waals surface area contributed by atoms with E-state index >= 15 is 0 Å². The first kappa shape index (κ1) is 19.9. The molecule has 2 atom stereocenters. The summed E-state index contributed by atoms with van der Waals surface area (Å²) in [6.45, 7) is 0.568. The Morgan fingerprint density at radius 2 is 2.13 bits per heavy atom. The Hall–Kier alpha value is -3.37. The molecule has 1 saturated heterocycles. The Bertz CT molecular complexity index is 1010. The molecule has 2 aliphatic heterocycles. The molecular weight excluding hydrogens is 393 g/mol. The number of amides is 4. The normalized spacial score (nSPS) is 21.1. The zero-order valence-electron chi connectivity index (χ0n) is 15.9. The first-order valence-corrected chi connectivity index (χ1v) is 9.46. The second kappa shape index (κ2) is 8.17. The molecule has 10 heteroatoms. The molecule has 4 rings (SSSR count). The molecule has 0 saturated carbocycles. The van der Waals surface area contributed by atoms with Gasteiger partial charge in [0.05, 0.1) is 6.04 Å². The fraction of sp³-hybridized carbons (Fsp3) is 0.300. The van der Waals surface area contributed by atoms with Crippen LogP contribution in [-0.2, 0) is 22.7 Å². The molecular formula is C20H20FN5O4. The quantitative estimate of drug-likeness (QED) is 0.558. The highest BCUT2D eigenvalue weighted by atomic mass is 19.1. The second-order valence-electron chi connectivity index (χ2n) is 7.21. The first-order chi connectivity index (χ1) is 14.4. The SMILES string of the molecule is O=C1CCC(N2Cc3cc(CNC(=O)Nc4cc(F)ccn4)ccc3C2O)C(=O)N1. The van der Waals surface area contributed by atoms with E-state index in [0.717, 1.165) is 17.2 Å². The standard InChI is InChI=1S/C20H20FN5O4/c21-13-5-6-22-16(8-13)24-20(30)23-9-11-1-2-14-12(7-11)10-26(19(14)29)15-3-4-17(27)25-18(15)28/h1-2,5-8,15,19,29H,3-4,9-10H2,(H,25,27,28)(H2,22,23,24,30). The van der Waals surface area contributed by atoms with Crippen LogP contribution in [0.5, 0.6) is 0 Å². The minimum absolute atomic E-state index is 0.101. The van der Waals surface area contributed by atoms with Gasteiger partial charge in [-0.1, -0.05) is 18.2 Å². The van der Waals surface area contributed by atoms with E-state index in [4.69, 9.17) is 0 Å². The number of pyridine rings is 1. The molecule has 0 bridgehead atoms. The van der Waals surface area contributed by atoms with Gasteiger partial charge in [0.1, 0.15) is 17.9 Å². The van der Waals surface area contributed by atoms with Crippen molar-refractivity contribution < 1.29 is 23.9 Å². The van der Waals surface area contributed by atoms with Crippen molar-refractivity contribution in [3.63, 3.8) is 0 Å². The summed E-state index contributed by atoms with van der Waals surface area (Å²) in [4.78, 5) is 41.0. The number of nitrogens with zero attached hydrogens (tertiary/aromatic N) is 2. The number of aromatic nitrogens is 1. The molecule has 30 heavy (non-hydrogen) atoms. The molecule has 9 nitrogen and oxygen atoms in total. The van der Waals surface area contributed by atoms with Crippen molar-refractivity contribution in [2.45, 2.75) is 38.2 Å². The third kappa shape index (κ3) is 4.14. The number of fused-ring (bicyclic) bond motifs is 1. The largest absolute Gasteiger partial charge is 0.374 e. The Morgan fingerprint density at radius 1 is 1.30 bits per heavy atom. The molecule has 0 aliphatic carbocycles. The predicted octanol–water partition coefficient (Wildman–Crippen LogP) is 1.15. The Kier molecular flexibility index (Phi) is 5.42. The fourth-order valence-corrected chi connectivity index (χ4v) is 3.71. The zero-order chi connectivity index (χ0) is 21.3. The molecule has 1 fully saturated rings. The van der Waals surface area contributed by atoms with Gasteiger partial charge in [0.2, 0.25) is 11.8 Å². The Labute approximate surface area is 171 Å². The first-order valence-electron chi connectivity index (χ1n) is 9.46. The predicted molar refractivity (Wildman–Crippen MR) is 103 cm³/mol. The van der Waals surface area contributed by atoms with Crippen molar-refractivity contribution in [1.82, 2.24) is 20.5 Å². The lowest BCUT2D eigenvalue weighted by molar-refractivity contribution is -0.141. The number of hydrogen-bond acceptors (Lipinski definition) is 6. The number of nitrogens with one attached hydrogen (secondary N) is 3. The average Bonchev–Trinajstić information content (AvgIpc) is 3.02. The van der Waals surface area contributed by atoms with E-state index in [-0.39, 0.29) is 24.7 Å². The zero-order valence-corrected chi connectivity index (χ0v) is 15.9. The van der Waals surface area contributed by atoms with E-state index in [0.29, 0.717) is 18.5 Å². The van der Waals surface area contributed by atoms with Crippen LogP contribution in [0, 0.1) is 5.82 Å². The van der Waals surface area contributed by atoms with Crippen LogP contribution in [0.1, 0.15) is 35.8 Å². The van der Waals surface area contributed by atoms with Crippen molar-refractivity contribution in [1.29, 1.82) is 0 Å². The fourth-order valence-electron chi connectivity index (χ4n) is 3.71. The average molecular weight is 413 g/mol. The van der Waals surface area contributed by atoms with E-state index in [2.05, 4.69) is 20.9 Å². The summed E-state index contributed by atoms with van der Waals surface area (Å²) in [6, 6.07) is 6.58. The van der Waals surface area contributed by atoms with Crippen LogP contribution >= 0.6 is 0 Å². The number of anilines is 1. The number of imide groups is 1. The molecule has 2 aliphatic rings. The lowest BCUT2D eigenvalue weighted by atomic mass is 10.0. The maximum Gasteiger partial charge on any atom is 0.320 e. The van der Waals surface area contributed by atoms with Gasteiger partial charge in [-0.2, -0.15) is 0 Å². The number of carbonyl (C=O) groups is 3. The van der Waals surface area contributed by atoms with E-state index in [1.807, 2.05) is 6.07 Å². The molecule has 0 radical (unpaired) electrons. The summed E-state index contributed by atoms with van der Waals surface area (Å²) in [5.74, 6) is -1.10. The van der Waals surface area contributed by atoms with E-state index < -0.39 is 30.0 Å². The number of aliphatic hydroxyl groups is 1. The highest BCUT2D eigenvalue weighted by Gasteiger charge is 2.39. The molecule has 0 spiro atoms. The van der Waals surface area contributed by atoms with Gasteiger partial charge in [0, 0.05) is 31.8 Å². The number of hydrogen-bond donors (Lipinski definition) is 4. The van der Waals surface area contributed by atoms with Crippen LogP contribution in [0.4, 0.5) is 15.0 Å². The Morgan fingerprint density at radius 3 is 2.90 bits per heavy atom.